The van der Waals surface area contributed by atoms with Crippen molar-refractivity contribution in [1.82, 2.24) is 5.01 Å². The number of para-hydroxylation sites is 1. The molecule has 1 amide bonds. The molecule has 0 radical (unpaired) electrons. The highest BCUT2D eigenvalue weighted by Crippen LogP contribution is 2.33. The summed E-state index contributed by atoms with van der Waals surface area (Å²) >= 11 is 3.45. The van der Waals surface area contributed by atoms with Crippen molar-refractivity contribution in [3.8, 4) is 5.75 Å². The quantitative estimate of drug-likeness (QED) is 0.244. The van der Waals surface area contributed by atoms with Gasteiger partial charge in [-0.05, 0) is 54.4 Å². The van der Waals surface area contributed by atoms with Crippen LogP contribution in [-0.4, -0.2) is 23.2 Å². The SMILES string of the molecule is Cc1cc(=O)oc2cc(OCC(=O)N3N=C(c4cc5ccccc5oc4=O)CC3c3ccc(Br)cc3)ccc12. The van der Waals surface area contributed by atoms with Gasteiger partial charge in [0, 0.05) is 33.8 Å². The lowest BCUT2D eigenvalue weighted by Gasteiger charge is -2.22. The Morgan fingerprint density at radius 3 is 2.62 bits per heavy atom. The van der Waals surface area contributed by atoms with Crippen molar-refractivity contribution in [3.05, 3.63) is 121 Å². The molecule has 0 fully saturated rings. The molecule has 1 aliphatic heterocycles. The van der Waals surface area contributed by atoms with E-state index < -0.39 is 23.2 Å². The number of nitrogens with zero attached hydrogens (tertiary/aromatic N) is 2. The molecule has 1 atom stereocenters. The summed E-state index contributed by atoms with van der Waals surface area (Å²) in [6, 6.07) is 22.7. The number of halogens is 1. The Bertz CT molecular complexity index is 1890. The minimum Gasteiger partial charge on any atom is -0.484 e. The van der Waals surface area contributed by atoms with E-state index in [4.69, 9.17) is 13.6 Å². The molecule has 3 aromatic carbocycles. The topological polar surface area (TPSA) is 102 Å². The van der Waals surface area contributed by atoms with Crippen LogP contribution >= 0.6 is 15.9 Å². The average molecular weight is 585 g/mol. The van der Waals surface area contributed by atoms with Crippen molar-refractivity contribution < 1.29 is 18.4 Å². The molecule has 0 spiro atoms. The summed E-state index contributed by atoms with van der Waals surface area (Å²) in [6.45, 7) is 1.52. The zero-order chi connectivity index (χ0) is 27.1. The van der Waals surface area contributed by atoms with Gasteiger partial charge in [0.05, 0.1) is 17.3 Å². The van der Waals surface area contributed by atoms with Crippen molar-refractivity contribution in [2.24, 2.45) is 5.10 Å². The van der Waals surface area contributed by atoms with E-state index in [9.17, 15) is 14.4 Å². The summed E-state index contributed by atoms with van der Waals surface area (Å²) in [5.41, 5.74) is 2.31. The number of rotatable bonds is 5. The highest BCUT2D eigenvalue weighted by atomic mass is 79.9. The Kier molecular flexibility index (Phi) is 6.36. The molecule has 194 valence electrons. The van der Waals surface area contributed by atoms with Crippen LogP contribution in [0.3, 0.4) is 0 Å². The summed E-state index contributed by atoms with van der Waals surface area (Å²) in [5, 5.41) is 7.49. The number of aryl methyl sites for hydroxylation is 1. The first-order valence-electron chi connectivity index (χ1n) is 12.2. The van der Waals surface area contributed by atoms with Crippen molar-refractivity contribution >= 4 is 49.5 Å². The molecular weight excluding hydrogens is 564 g/mol. The van der Waals surface area contributed by atoms with Gasteiger partial charge in [0.1, 0.15) is 16.9 Å². The highest BCUT2D eigenvalue weighted by molar-refractivity contribution is 9.10. The minimum atomic E-state index is -0.513. The Balaban J connectivity index is 1.31. The second kappa shape index (κ2) is 9.99. The molecule has 0 aliphatic carbocycles. The fraction of sp³-hybridized carbons (Fsp3) is 0.133. The molecule has 6 rings (SSSR count). The third kappa shape index (κ3) is 4.88. The smallest absolute Gasteiger partial charge is 0.345 e. The van der Waals surface area contributed by atoms with Crippen LogP contribution in [0.25, 0.3) is 21.9 Å². The number of hydrogen-bond donors (Lipinski definition) is 0. The van der Waals surface area contributed by atoms with Crippen LogP contribution in [0, 0.1) is 6.92 Å². The van der Waals surface area contributed by atoms with Crippen LogP contribution in [-0.2, 0) is 4.79 Å². The maximum atomic E-state index is 13.4. The van der Waals surface area contributed by atoms with Crippen LogP contribution in [0.1, 0.15) is 29.2 Å². The van der Waals surface area contributed by atoms with Gasteiger partial charge in [0.2, 0.25) is 0 Å². The fourth-order valence-electron chi connectivity index (χ4n) is 4.72. The molecule has 1 aliphatic rings. The van der Waals surface area contributed by atoms with Gasteiger partial charge in [-0.2, -0.15) is 5.10 Å². The standard InChI is InChI=1S/C30H21BrN2O6/c1-17-12-29(35)38-27-14-21(10-11-22(17)27)37-16-28(34)33-25(18-6-8-20(31)9-7-18)15-24(32-33)23-13-19-4-2-3-5-26(19)39-30(23)36/h2-14,25H,15-16H2,1H3. The first kappa shape index (κ1) is 24.8. The van der Waals surface area contributed by atoms with E-state index in [-0.39, 0.29) is 6.61 Å². The van der Waals surface area contributed by atoms with E-state index in [2.05, 4.69) is 21.0 Å². The zero-order valence-corrected chi connectivity index (χ0v) is 22.3. The molecule has 0 saturated heterocycles. The second-order valence-electron chi connectivity index (χ2n) is 9.24. The van der Waals surface area contributed by atoms with Gasteiger partial charge < -0.3 is 13.6 Å². The Labute approximate surface area is 230 Å². The number of fused-ring (bicyclic) bond motifs is 2. The molecule has 39 heavy (non-hydrogen) atoms. The highest BCUT2D eigenvalue weighted by Gasteiger charge is 2.34. The van der Waals surface area contributed by atoms with Crippen LogP contribution < -0.4 is 16.0 Å². The predicted octanol–water partition coefficient (Wildman–Crippen LogP) is 5.73. The lowest BCUT2D eigenvalue weighted by atomic mass is 9.98. The van der Waals surface area contributed by atoms with E-state index in [1.807, 2.05) is 43.3 Å². The predicted molar refractivity (Wildman–Crippen MR) is 150 cm³/mol. The molecule has 0 bridgehead atoms. The summed E-state index contributed by atoms with van der Waals surface area (Å²) in [7, 11) is 0. The van der Waals surface area contributed by atoms with Crippen molar-refractivity contribution in [1.29, 1.82) is 0 Å². The van der Waals surface area contributed by atoms with Gasteiger partial charge in [-0.15, -0.1) is 0 Å². The molecule has 1 unspecified atom stereocenters. The van der Waals surface area contributed by atoms with Crippen LogP contribution in [0.4, 0.5) is 0 Å². The largest absolute Gasteiger partial charge is 0.484 e. The normalized spacial score (nSPS) is 15.1. The fourth-order valence-corrected chi connectivity index (χ4v) is 4.98. The van der Waals surface area contributed by atoms with Crippen LogP contribution in [0.15, 0.2) is 107 Å². The third-order valence-corrected chi connectivity index (χ3v) is 7.19. The Morgan fingerprint density at radius 1 is 1.00 bits per heavy atom. The van der Waals surface area contributed by atoms with Crippen molar-refractivity contribution in [3.63, 3.8) is 0 Å². The maximum absolute atomic E-state index is 13.4. The third-order valence-electron chi connectivity index (χ3n) is 6.66. The molecule has 3 heterocycles. The van der Waals surface area contributed by atoms with E-state index in [1.54, 1.807) is 36.4 Å². The molecule has 9 heteroatoms. The van der Waals surface area contributed by atoms with Gasteiger partial charge >= 0.3 is 11.3 Å². The Morgan fingerprint density at radius 2 is 1.79 bits per heavy atom. The van der Waals surface area contributed by atoms with Gasteiger partial charge in [-0.3, -0.25) is 4.79 Å². The monoisotopic (exact) mass is 584 g/mol. The number of benzene rings is 3. The zero-order valence-electron chi connectivity index (χ0n) is 20.7. The number of hydrogen-bond acceptors (Lipinski definition) is 7. The maximum Gasteiger partial charge on any atom is 0.345 e. The number of amides is 1. The lowest BCUT2D eigenvalue weighted by molar-refractivity contribution is -0.135. The molecule has 0 N–H and O–H groups in total. The molecule has 5 aromatic rings. The average Bonchev–Trinajstić information content (AvgIpc) is 3.37. The first-order valence-corrected chi connectivity index (χ1v) is 13.0. The summed E-state index contributed by atoms with van der Waals surface area (Å²) in [5.74, 6) is -0.0164. The minimum absolute atomic E-state index is 0.308. The van der Waals surface area contributed by atoms with Crippen molar-refractivity contribution in [2.45, 2.75) is 19.4 Å². The number of ether oxygens (including phenoxy) is 1. The Hall–Kier alpha value is -4.50. The second-order valence-corrected chi connectivity index (χ2v) is 10.2. The van der Waals surface area contributed by atoms with Gasteiger partial charge in [0.15, 0.2) is 6.61 Å². The number of hydrazone groups is 1. The molecule has 2 aromatic heterocycles. The van der Waals surface area contributed by atoms with Gasteiger partial charge in [0.25, 0.3) is 5.91 Å². The summed E-state index contributed by atoms with van der Waals surface area (Å²) in [6.07, 6.45) is 0.330. The lowest BCUT2D eigenvalue weighted by Crippen LogP contribution is -2.31. The van der Waals surface area contributed by atoms with E-state index in [1.165, 1.54) is 11.1 Å². The van der Waals surface area contributed by atoms with E-state index in [0.717, 1.165) is 26.4 Å². The molecular formula is C30H21BrN2O6. The molecule has 8 nitrogen and oxygen atoms in total. The van der Waals surface area contributed by atoms with Gasteiger partial charge in [-0.1, -0.05) is 46.3 Å². The number of carbonyl (C=O) groups is 1. The van der Waals surface area contributed by atoms with E-state index in [0.29, 0.717) is 34.6 Å². The first-order chi connectivity index (χ1) is 18.9. The summed E-state index contributed by atoms with van der Waals surface area (Å²) in [4.78, 5) is 38.0. The van der Waals surface area contributed by atoms with Crippen LogP contribution in [0.2, 0.25) is 0 Å². The summed E-state index contributed by atoms with van der Waals surface area (Å²) < 4.78 is 17.5. The van der Waals surface area contributed by atoms with Crippen molar-refractivity contribution in [2.75, 3.05) is 6.61 Å². The van der Waals surface area contributed by atoms with Crippen LogP contribution in [0.5, 0.6) is 5.75 Å². The van der Waals surface area contributed by atoms with Gasteiger partial charge in [-0.25, -0.2) is 14.6 Å². The number of carbonyl (C=O) groups excluding carboxylic acids is 1. The molecule has 0 saturated carbocycles. The van der Waals surface area contributed by atoms with E-state index >= 15 is 0 Å².